The Labute approximate surface area is 120 Å². The highest BCUT2D eigenvalue weighted by Crippen LogP contribution is 2.31. The monoisotopic (exact) mass is 330 g/mol. The van der Waals surface area contributed by atoms with Gasteiger partial charge < -0.3 is 10.6 Å². The first-order valence-corrected chi connectivity index (χ1v) is 8.04. The van der Waals surface area contributed by atoms with Crippen molar-refractivity contribution in [3.63, 3.8) is 0 Å². The van der Waals surface area contributed by atoms with Crippen LogP contribution in [0.25, 0.3) is 0 Å². The standard InChI is InChI=1S/C13H19BrN2OS/c1-2-3-4-10(15)13(17)16-6-5-11-9(8-16)7-12(14)18-11/h7,10H,2-6,8,15H2,1H3/t10-/m0/s1. The Hall–Kier alpha value is -0.390. The van der Waals surface area contributed by atoms with Crippen molar-refractivity contribution in [3.8, 4) is 0 Å². The molecule has 3 nitrogen and oxygen atoms in total. The van der Waals surface area contributed by atoms with Crippen LogP contribution in [0.5, 0.6) is 0 Å². The molecule has 1 aromatic rings. The molecule has 0 aliphatic carbocycles. The maximum absolute atomic E-state index is 12.2. The smallest absolute Gasteiger partial charge is 0.239 e. The summed E-state index contributed by atoms with van der Waals surface area (Å²) in [6.45, 7) is 3.64. The maximum Gasteiger partial charge on any atom is 0.239 e. The molecule has 5 heteroatoms. The van der Waals surface area contributed by atoms with Crippen molar-refractivity contribution >= 4 is 33.2 Å². The lowest BCUT2D eigenvalue weighted by Gasteiger charge is -2.29. The van der Waals surface area contributed by atoms with Gasteiger partial charge in [0.05, 0.1) is 9.83 Å². The average molecular weight is 331 g/mol. The summed E-state index contributed by atoms with van der Waals surface area (Å²) in [5, 5.41) is 0. The second-order valence-electron chi connectivity index (χ2n) is 4.76. The Morgan fingerprint density at radius 1 is 1.67 bits per heavy atom. The number of unbranched alkanes of at least 4 members (excludes halogenated alkanes) is 1. The Balaban J connectivity index is 1.97. The van der Waals surface area contributed by atoms with E-state index < -0.39 is 0 Å². The molecule has 2 N–H and O–H groups in total. The molecule has 2 heterocycles. The van der Waals surface area contributed by atoms with E-state index in [1.54, 1.807) is 11.3 Å². The minimum absolute atomic E-state index is 0.108. The molecule has 0 saturated carbocycles. The number of hydrogen-bond donors (Lipinski definition) is 1. The third kappa shape index (κ3) is 3.13. The van der Waals surface area contributed by atoms with E-state index in [0.29, 0.717) is 0 Å². The first kappa shape index (κ1) is 14.0. The van der Waals surface area contributed by atoms with Crippen LogP contribution < -0.4 is 5.73 Å². The van der Waals surface area contributed by atoms with Crippen LogP contribution in [0.3, 0.4) is 0 Å². The van der Waals surface area contributed by atoms with Gasteiger partial charge >= 0.3 is 0 Å². The zero-order chi connectivity index (χ0) is 13.1. The number of thiophene rings is 1. The highest BCUT2D eigenvalue weighted by atomic mass is 79.9. The molecule has 0 unspecified atom stereocenters. The highest BCUT2D eigenvalue weighted by molar-refractivity contribution is 9.11. The molecule has 1 amide bonds. The van der Waals surface area contributed by atoms with Crippen LogP contribution in [0.4, 0.5) is 0 Å². The van der Waals surface area contributed by atoms with Gasteiger partial charge in [0.1, 0.15) is 0 Å². The number of carbonyl (C=O) groups excluding carboxylic acids is 1. The van der Waals surface area contributed by atoms with Crippen LogP contribution in [0.15, 0.2) is 9.85 Å². The van der Waals surface area contributed by atoms with Crippen molar-refractivity contribution < 1.29 is 4.79 Å². The summed E-state index contributed by atoms with van der Waals surface area (Å²) in [6, 6.07) is 1.80. The van der Waals surface area contributed by atoms with Gasteiger partial charge in [-0.25, -0.2) is 0 Å². The third-order valence-corrected chi connectivity index (χ3v) is 5.07. The van der Waals surface area contributed by atoms with Crippen molar-refractivity contribution in [3.05, 3.63) is 20.3 Å². The van der Waals surface area contributed by atoms with Gasteiger partial charge in [0.25, 0.3) is 0 Å². The summed E-state index contributed by atoms with van der Waals surface area (Å²) < 4.78 is 1.15. The SMILES string of the molecule is CCCC[C@H](N)C(=O)N1CCc2sc(Br)cc2C1. The summed E-state index contributed by atoms with van der Waals surface area (Å²) in [4.78, 5) is 15.5. The van der Waals surface area contributed by atoms with E-state index in [1.807, 2.05) is 4.90 Å². The Morgan fingerprint density at radius 3 is 3.17 bits per heavy atom. The van der Waals surface area contributed by atoms with Gasteiger partial charge in [-0.2, -0.15) is 0 Å². The van der Waals surface area contributed by atoms with Gasteiger partial charge in [-0.05, 0) is 40.4 Å². The quantitative estimate of drug-likeness (QED) is 0.922. The number of halogens is 1. The molecule has 0 fully saturated rings. The predicted octanol–water partition coefficient (Wildman–Crippen LogP) is 2.91. The molecule has 100 valence electrons. The Kier molecular flexibility index (Phi) is 4.81. The lowest BCUT2D eigenvalue weighted by Crippen LogP contribution is -2.45. The zero-order valence-electron chi connectivity index (χ0n) is 10.6. The van der Waals surface area contributed by atoms with Crippen LogP contribution in [0.2, 0.25) is 0 Å². The molecule has 1 aliphatic rings. The molecule has 2 rings (SSSR count). The van der Waals surface area contributed by atoms with Gasteiger partial charge in [0.15, 0.2) is 0 Å². The van der Waals surface area contributed by atoms with Gasteiger partial charge in [0.2, 0.25) is 5.91 Å². The van der Waals surface area contributed by atoms with Crippen LogP contribution in [0, 0.1) is 0 Å². The number of hydrogen-bond acceptors (Lipinski definition) is 3. The number of fused-ring (bicyclic) bond motifs is 1. The van der Waals surface area contributed by atoms with E-state index in [-0.39, 0.29) is 11.9 Å². The number of amides is 1. The topological polar surface area (TPSA) is 46.3 Å². The second-order valence-corrected chi connectivity index (χ2v) is 7.27. The van der Waals surface area contributed by atoms with Gasteiger partial charge in [-0.1, -0.05) is 19.8 Å². The summed E-state index contributed by atoms with van der Waals surface area (Å²) in [5.41, 5.74) is 7.23. The minimum atomic E-state index is -0.325. The fraction of sp³-hybridized carbons (Fsp3) is 0.615. The van der Waals surface area contributed by atoms with Gasteiger partial charge in [-0.3, -0.25) is 4.79 Å². The average Bonchev–Trinajstić information content (AvgIpc) is 2.73. The van der Waals surface area contributed by atoms with Crippen molar-refractivity contribution in [2.24, 2.45) is 5.73 Å². The minimum Gasteiger partial charge on any atom is -0.337 e. The molecule has 0 spiro atoms. The fourth-order valence-corrected chi connectivity index (χ4v) is 4.01. The van der Waals surface area contributed by atoms with Crippen molar-refractivity contribution in [1.82, 2.24) is 4.90 Å². The van der Waals surface area contributed by atoms with Gasteiger partial charge in [0, 0.05) is 18.0 Å². The summed E-state index contributed by atoms with van der Waals surface area (Å²) in [6.07, 6.45) is 3.86. The van der Waals surface area contributed by atoms with Crippen LogP contribution >= 0.6 is 27.3 Å². The van der Waals surface area contributed by atoms with Gasteiger partial charge in [-0.15, -0.1) is 11.3 Å². The number of rotatable bonds is 4. The Bertz CT molecular complexity index is 433. The van der Waals surface area contributed by atoms with E-state index in [2.05, 4.69) is 28.9 Å². The van der Waals surface area contributed by atoms with Crippen LogP contribution in [-0.4, -0.2) is 23.4 Å². The number of nitrogens with two attached hydrogens (primary N) is 1. The zero-order valence-corrected chi connectivity index (χ0v) is 13.0. The lowest BCUT2D eigenvalue weighted by atomic mass is 10.1. The van der Waals surface area contributed by atoms with Crippen molar-refractivity contribution in [2.75, 3.05) is 6.54 Å². The molecule has 1 aromatic heterocycles. The molecule has 0 bridgehead atoms. The van der Waals surface area contributed by atoms with Crippen LogP contribution in [-0.2, 0) is 17.8 Å². The molecule has 1 atom stereocenters. The van der Waals surface area contributed by atoms with Crippen molar-refractivity contribution in [2.45, 2.75) is 45.2 Å². The fourth-order valence-electron chi connectivity index (χ4n) is 2.27. The molecule has 0 radical (unpaired) electrons. The third-order valence-electron chi connectivity index (χ3n) is 3.33. The molecule has 0 aromatic carbocycles. The Morgan fingerprint density at radius 2 is 2.44 bits per heavy atom. The number of nitrogens with zero attached hydrogens (tertiary/aromatic N) is 1. The van der Waals surface area contributed by atoms with E-state index in [9.17, 15) is 4.79 Å². The summed E-state index contributed by atoms with van der Waals surface area (Å²) in [7, 11) is 0. The summed E-state index contributed by atoms with van der Waals surface area (Å²) >= 11 is 5.28. The largest absolute Gasteiger partial charge is 0.337 e. The van der Waals surface area contributed by atoms with Crippen LogP contribution in [0.1, 0.15) is 36.6 Å². The molecule has 18 heavy (non-hydrogen) atoms. The normalized spacial score (nSPS) is 16.5. The van der Waals surface area contributed by atoms with E-state index in [1.165, 1.54) is 10.4 Å². The number of carbonyl (C=O) groups is 1. The maximum atomic E-state index is 12.2. The van der Waals surface area contributed by atoms with E-state index in [4.69, 9.17) is 5.73 Å². The molecular weight excluding hydrogens is 312 g/mol. The molecule has 0 saturated heterocycles. The summed E-state index contributed by atoms with van der Waals surface area (Å²) in [5.74, 6) is 0.108. The molecule has 1 aliphatic heterocycles. The predicted molar refractivity (Wildman–Crippen MR) is 78.6 cm³/mol. The highest BCUT2D eigenvalue weighted by Gasteiger charge is 2.25. The van der Waals surface area contributed by atoms with E-state index >= 15 is 0 Å². The lowest BCUT2D eigenvalue weighted by molar-refractivity contribution is -0.133. The first-order valence-electron chi connectivity index (χ1n) is 6.43. The first-order chi connectivity index (χ1) is 8.61. The van der Waals surface area contributed by atoms with E-state index in [0.717, 1.165) is 42.6 Å². The van der Waals surface area contributed by atoms with Crippen molar-refractivity contribution in [1.29, 1.82) is 0 Å². The molecular formula is C13H19BrN2OS. The second kappa shape index (κ2) is 6.17.